The van der Waals surface area contributed by atoms with E-state index in [1.807, 2.05) is 18.5 Å². The molecule has 0 aliphatic heterocycles. The number of rotatable bonds is 5. The van der Waals surface area contributed by atoms with Gasteiger partial charge in [-0.25, -0.2) is 4.68 Å². The monoisotopic (exact) mass is 274 g/mol. The van der Waals surface area contributed by atoms with Crippen molar-refractivity contribution in [2.45, 2.75) is 27.3 Å². The fraction of sp³-hybridized carbons (Fsp3) is 0.357. The second kappa shape index (κ2) is 5.83. The highest BCUT2D eigenvalue weighted by atomic mass is 16.6. The van der Waals surface area contributed by atoms with Crippen molar-refractivity contribution in [3.8, 4) is 5.69 Å². The molecule has 0 fully saturated rings. The lowest BCUT2D eigenvalue weighted by atomic mass is 10.2. The van der Waals surface area contributed by atoms with Gasteiger partial charge < -0.3 is 5.32 Å². The largest absolute Gasteiger partial charge is 0.313 e. The molecule has 1 aromatic heterocycles. The second-order valence-electron chi connectivity index (χ2n) is 4.62. The average Bonchev–Trinajstić information content (AvgIpc) is 2.72. The number of nitrogens with one attached hydrogen (secondary N) is 1. The van der Waals surface area contributed by atoms with E-state index in [1.165, 1.54) is 17.7 Å². The van der Waals surface area contributed by atoms with E-state index in [0.717, 1.165) is 30.2 Å². The standard InChI is InChI=1S/C14H18N4O2/c1-4-15-9-14-10(2)16-17(11(14)3)12-5-7-13(8-6-12)18(19)20/h5-8,15H,4,9H2,1-3H3. The molecule has 6 heteroatoms. The molecule has 0 aliphatic carbocycles. The predicted octanol–water partition coefficient (Wildman–Crippen LogP) is 2.51. The Morgan fingerprint density at radius 1 is 1.30 bits per heavy atom. The summed E-state index contributed by atoms with van der Waals surface area (Å²) in [7, 11) is 0. The Balaban J connectivity index is 2.35. The van der Waals surface area contributed by atoms with Gasteiger partial charge in [-0.1, -0.05) is 6.92 Å². The van der Waals surface area contributed by atoms with E-state index < -0.39 is 4.92 Å². The molecular formula is C14H18N4O2. The first-order valence-corrected chi connectivity index (χ1v) is 6.55. The number of hydrogen-bond donors (Lipinski definition) is 1. The lowest BCUT2D eigenvalue weighted by molar-refractivity contribution is -0.384. The van der Waals surface area contributed by atoms with Gasteiger partial charge in [0.1, 0.15) is 0 Å². The second-order valence-corrected chi connectivity index (χ2v) is 4.62. The van der Waals surface area contributed by atoms with Crippen LogP contribution in [0.3, 0.4) is 0 Å². The molecule has 0 saturated carbocycles. The summed E-state index contributed by atoms with van der Waals surface area (Å²) in [5.74, 6) is 0. The van der Waals surface area contributed by atoms with Gasteiger partial charge >= 0.3 is 0 Å². The number of benzene rings is 1. The summed E-state index contributed by atoms with van der Waals surface area (Å²) in [6, 6.07) is 6.43. The maximum atomic E-state index is 10.7. The minimum absolute atomic E-state index is 0.0863. The smallest absolute Gasteiger partial charge is 0.269 e. The highest BCUT2D eigenvalue weighted by Crippen LogP contribution is 2.20. The molecule has 2 aromatic rings. The van der Waals surface area contributed by atoms with Gasteiger partial charge in [-0.05, 0) is 32.5 Å². The Bertz CT molecular complexity index is 617. The molecule has 1 N–H and O–H groups in total. The average molecular weight is 274 g/mol. The van der Waals surface area contributed by atoms with Crippen molar-refractivity contribution in [2.75, 3.05) is 6.54 Å². The Morgan fingerprint density at radius 2 is 1.95 bits per heavy atom. The van der Waals surface area contributed by atoms with Crippen LogP contribution in [-0.4, -0.2) is 21.2 Å². The lowest BCUT2D eigenvalue weighted by Crippen LogP contribution is -2.13. The van der Waals surface area contributed by atoms with Crippen molar-refractivity contribution in [2.24, 2.45) is 0 Å². The summed E-state index contributed by atoms with van der Waals surface area (Å²) >= 11 is 0. The van der Waals surface area contributed by atoms with Crippen LogP contribution in [0.4, 0.5) is 5.69 Å². The zero-order chi connectivity index (χ0) is 14.7. The summed E-state index contributed by atoms with van der Waals surface area (Å²) in [6.07, 6.45) is 0. The summed E-state index contributed by atoms with van der Waals surface area (Å²) in [5, 5.41) is 18.5. The maximum Gasteiger partial charge on any atom is 0.269 e. The van der Waals surface area contributed by atoms with E-state index >= 15 is 0 Å². The van der Waals surface area contributed by atoms with E-state index in [9.17, 15) is 10.1 Å². The van der Waals surface area contributed by atoms with Crippen LogP contribution in [0, 0.1) is 24.0 Å². The van der Waals surface area contributed by atoms with Crippen LogP contribution in [0.5, 0.6) is 0 Å². The van der Waals surface area contributed by atoms with E-state index in [0.29, 0.717) is 0 Å². The van der Waals surface area contributed by atoms with Gasteiger partial charge in [0.25, 0.3) is 5.69 Å². The number of aromatic nitrogens is 2. The summed E-state index contributed by atoms with van der Waals surface area (Å²) in [5.41, 5.74) is 4.12. The zero-order valence-electron chi connectivity index (χ0n) is 11.9. The quantitative estimate of drug-likeness (QED) is 0.671. The van der Waals surface area contributed by atoms with Crippen molar-refractivity contribution >= 4 is 5.69 Å². The number of nitro benzene ring substituents is 1. The maximum absolute atomic E-state index is 10.7. The zero-order valence-corrected chi connectivity index (χ0v) is 11.9. The van der Waals surface area contributed by atoms with Crippen LogP contribution in [0.25, 0.3) is 5.69 Å². The third-order valence-electron chi connectivity index (χ3n) is 3.30. The topological polar surface area (TPSA) is 73.0 Å². The molecule has 0 spiro atoms. The minimum Gasteiger partial charge on any atom is -0.313 e. The summed E-state index contributed by atoms with van der Waals surface area (Å²) in [6.45, 7) is 7.73. The Hall–Kier alpha value is -2.21. The molecule has 20 heavy (non-hydrogen) atoms. The molecular weight excluding hydrogens is 256 g/mol. The van der Waals surface area contributed by atoms with Crippen molar-refractivity contribution in [3.05, 3.63) is 51.3 Å². The lowest BCUT2D eigenvalue weighted by Gasteiger charge is -2.05. The molecule has 1 heterocycles. The molecule has 0 radical (unpaired) electrons. The van der Waals surface area contributed by atoms with Crippen LogP contribution < -0.4 is 5.32 Å². The number of non-ortho nitro benzene ring substituents is 1. The highest BCUT2D eigenvalue weighted by Gasteiger charge is 2.13. The number of hydrogen-bond acceptors (Lipinski definition) is 4. The minimum atomic E-state index is -0.401. The molecule has 0 unspecified atom stereocenters. The normalized spacial score (nSPS) is 10.8. The first-order chi connectivity index (χ1) is 9.54. The predicted molar refractivity (Wildman–Crippen MR) is 77.1 cm³/mol. The highest BCUT2D eigenvalue weighted by molar-refractivity contribution is 5.42. The molecule has 6 nitrogen and oxygen atoms in total. The number of nitrogens with zero attached hydrogens (tertiary/aromatic N) is 3. The SMILES string of the molecule is CCNCc1c(C)nn(-c2ccc([N+](=O)[O-])cc2)c1C. The van der Waals surface area contributed by atoms with E-state index in [4.69, 9.17) is 0 Å². The van der Waals surface area contributed by atoms with Gasteiger partial charge in [0.05, 0.1) is 16.3 Å². The van der Waals surface area contributed by atoms with Crippen LogP contribution in [0.2, 0.25) is 0 Å². The molecule has 1 aromatic carbocycles. The Labute approximate surface area is 117 Å². The Kier molecular flexibility index (Phi) is 4.14. The van der Waals surface area contributed by atoms with Gasteiger partial charge in [-0.2, -0.15) is 5.10 Å². The third-order valence-corrected chi connectivity index (χ3v) is 3.30. The molecule has 106 valence electrons. The van der Waals surface area contributed by atoms with Gasteiger partial charge in [0.15, 0.2) is 0 Å². The molecule has 2 rings (SSSR count). The third kappa shape index (κ3) is 2.70. The number of nitro groups is 1. The number of aryl methyl sites for hydroxylation is 1. The molecule has 0 aliphatic rings. The van der Waals surface area contributed by atoms with Crippen LogP contribution in [0.1, 0.15) is 23.9 Å². The summed E-state index contributed by atoms with van der Waals surface area (Å²) in [4.78, 5) is 10.3. The van der Waals surface area contributed by atoms with Crippen molar-refractivity contribution in [1.29, 1.82) is 0 Å². The molecule has 0 atom stereocenters. The van der Waals surface area contributed by atoms with Crippen LogP contribution in [-0.2, 0) is 6.54 Å². The first-order valence-electron chi connectivity index (χ1n) is 6.55. The fourth-order valence-corrected chi connectivity index (χ4v) is 2.15. The van der Waals surface area contributed by atoms with Gasteiger partial charge in [0.2, 0.25) is 0 Å². The molecule has 0 amide bonds. The van der Waals surface area contributed by atoms with Crippen molar-refractivity contribution in [3.63, 3.8) is 0 Å². The van der Waals surface area contributed by atoms with E-state index in [1.54, 1.807) is 12.1 Å². The fourth-order valence-electron chi connectivity index (χ4n) is 2.15. The van der Waals surface area contributed by atoms with E-state index in [-0.39, 0.29) is 5.69 Å². The Morgan fingerprint density at radius 3 is 2.50 bits per heavy atom. The molecule has 0 saturated heterocycles. The van der Waals surface area contributed by atoms with E-state index in [2.05, 4.69) is 17.3 Å². The van der Waals surface area contributed by atoms with Crippen molar-refractivity contribution in [1.82, 2.24) is 15.1 Å². The van der Waals surface area contributed by atoms with Crippen LogP contribution in [0.15, 0.2) is 24.3 Å². The molecule has 0 bridgehead atoms. The van der Waals surface area contributed by atoms with Crippen molar-refractivity contribution < 1.29 is 4.92 Å². The first kappa shape index (κ1) is 14.2. The van der Waals surface area contributed by atoms with Gasteiger partial charge in [-0.15, -0.1) is 0 Å². The summed E-state index contributed by atoms with van der Waals surface area (Å²) < 4.78 is 1.83. The van der Waals surface area contributed by atoms with Gasteiger partial charge in [-0.3, -0.25) is 10.1 Å². The van der Waals surface area contributed by atoms with Crippen LogP contribution >= 0.6 is 0 Å². The van der Waals surface area contributed by atoms with Gasteiger partial charge in [0, 0.05) is 29.9 Å².